The van der Waals surface area contributed by atoms with Gasteiger partial charge in [0.2, 0.25) is 0 Å². The van der Waals surface area contributed by atoms with E-state index >= 15 is 0 Å². The molecule has 0 aliphatic carbocycles. The molecule has 1 atom stereocenters. The summed E-state index contributed by atoms with van der Waals surface area (Å²) in [4.78, 5) is 16.4. The molecule has 21 heavy (non-hydrogen) atoms. The van der Waals surface area contributed by atoms with Crippen LogP contribution in [0.4, 0.5) is 8.78 Å². The van der Waals surface area contributed by atoms with Crippen LogP contribution in [0.2, 0.25) is 5.02 Å². The predicted octanol–water partition coefficient (Wildman–Crippen LogP) is 4.12. The fraction of sp³-hybridized carbons (Fsp3) is 0.0714. The number of rotatable bonds is 2. The van der Waals surface area contributed by atoms with Gasteiger partial charge in [-0.05, 0) is 29.8 Å². The van der Waals surface area contributed by atoms with E-state index in [2.05, 4.69) is 9.97 Å². The molecule has 0 spiro atoms. The molecule has 0 aliphatic heterocycles. The van der Waals surface area contributed by atoms with E-state index in [9.17, 15) is 13.6 Å². The first kappa shape index (κ1) is 14.1. The zero-order valence-corrected chi connectivity index (χ0v) is 11.9. The maximum Gasteiger partial charge on any atom is 0.323 e. The second kappa shape index (κ2) is 5.16. The molecule has 1 aromatic heterocycles. The molecule has 0 radical (unpaired) electrons. The summed E-state index contributed by atoms with van der Waals surface area (Å²) >= 11 is 11.7. The van der Waals surface area contributed by atoms with E-state index in [4.69, 9.17) is 23.2 Å². The largest absolute Gasteiger partial charge is 0.323 e. The molecule has 2 aromatic carbocycles. The van der Waals surface area contributed by atoms with Gasteiger partial charge in [-0.1, -0.05) is 17.7 Å². The van der Waals surface area contributed by atoms with Crippen molar-refractivity contribution in [2.45, 2.75) is 5.38 Å². The van der Waals surface area contributed by atoms with Crippen molar-refractivity contribution in [1.29, 1.82) is 0 Å². The van der Waals surface area contributed by atoms with E-state index in [-0.39, 0.29) is 16.3 Å². The van der Waals surface area contributed by atoms with E-state index in [0.29, 0.717) is 16.6 Å². The molecule has 3 aromatic rings. The zero-order valence-electron chi connectivity index (χ0n) is 10.4. The Balaban J connectivity index is 2.09. The number of hydrogen-bond acceptors (Lipinski definition) is 1. The Hall–Kier alpha value is -1.85. The van der Waals surface area contributed by atoms with E-state index in [1.807, 2.05) is 0 Å². The Morgan fingerprint density at radius 1 is 1.00 bits per heavy atom. The molecule has 2 N–H and O–H groups in total. The first-order valence-corrected chi connectivity index (χ1v) is 6.77. The lowest BCUT2D eigenvalue weighted by molar-refractivity contribution is 0.587. The number of nitrogens with one attached hydrogen (secondary N) is 2. The maximum atomic E-state index is 13.9. The van der Waals surface area contributed by atoms with Crippen molar-refractivity contribution in [1.82, 2.24) is 9.97 Å². The Kier molecular flexibility index (Phi) is 3.47. The normalized spacial score (nSPS) is 12.8. The molecule has 3 rings (SSSR count). The van der Waals surface area contributed by atoms with Gasteiger partial charge in [-0.2, -0.15) is 0 Å². The number of aromatic nitrogens is 2. The van der Waals surface area contributed by atoms with Crippen LogP contribution < -0.4 is 5.69 Å². The molecule has 108 valence electrons. The van der Waals surface area contributed by atoms with Gasteiger partial charge in [0.1, 0.15) is 11.6 Å². The van der Waals surface area contributed by atoms with E-state index in [0.717, 1.165) is 12.1 Å². The number of alkyl halides is 1. The summed E-state index contributed by atoms with van der Waals surface area (Å²) in [5.74, 6) is -1.43. The SMILES string of the molecule is O=c1[nH]c2ccc(C(Cl)c3cc(F)c(Cl)cc3F)cc2[nH]1. The number of aromatic amines is 2. The van der Waals surface area contributed by atoms with Gasteiger partial charge in [-0.25, -0.2) is 13.6 Å². The van der Waals surface area contributed by atoms with Crippen LogP contribution in [0.1, 0.15) is 16.5 Å². The fourth-order valence-corrected chi connectivity index (χ4v) is 2.57. The van der Waals surface area contributed by atoms with Crippen LogP contribution in [-0.2, 0) is 0 Å². The summed E-state index contributed by atoms with van der Waals surface area (Å²) in [5, 5.41) is -1.20. The lowest BCUT2D eigenvalue weighted by Crippen LogP contribution is -1.99. The molecule has 0 saturated heterocycles. The molecule has 1 heterocycles. The maximum absolute atomic E-state index is 13.9. The molecule has 0 fully saturated rings. The molecule has 7 heteroatoms. The lowest BCUT2D eigenvalue weighted by atomic mass is 10.0. The molecule has 0 amide bonds. The number of H-pyrrole nitrogens is 2. The van der Waals surface area contributed by atoms with Gasteiger partial charge in [0.25, 0.3) is 0 Å². The van der Waals surface area contributed by atoms with Gasteiger partial charge in [0.15, 0.2) is 0 Å². The van der Waals surface area contributed by atoms with Crippen LogP contribution in [0.15, 0.2) is 35.1 Å². The summed E-state index contributed by atoms with van der Waals surface area (Å²) in [6.07, 6.45) is 0. The average molecular weight is 329 g/mol. The molecule has 0 saturated carbocycles. The number of imidazole rings is 1. The second-order valence-electron chi connectivity index (χ2n) is 4.53. The third-order valence-corrected chi connectivity index (χ3v) is 3.92. The van der Waals surface area contributed by atoms with E-state index in [1.165, 1.54) is 0 Å². The minimum atomic E-state index is -0.903. The van der Waals surface area contributed by atoms with Gasteiger partial charge in [0.05, 0.1) is 21.4 Å². The Bertz CT molecular complexity index is 888. The highest BCUT2D eigenvalue weighted by atomic mass is 35.5. The lowest BCUT2D eigenvalue weighted by Gasteiger charge is -2.12. The quantitative estimate of drug-likeness (QED) is 0.539. The molecular formula is C14H8Cl2F2N2O. The van der Waals surface area contributed by atoms with Gasteiger partial charge in [0, 0.05) is 5.56 Å². The predicted molar refractivity (Wildman–Crippen MR) is 78.0 cm³/mol. The van der Waals surface area contributed by atoms with Crippen molar-refractivity contribution in [3.63, 3.8) is 0 Å². The third kappa shape index (κ3) is 2.54. The van der Waals surface area contributed by atoms with E-state index in [1.54, 1.807) is 18.2 Å². The first-order chi connectivity index (χ1) is 9.95. The van der Waals surface area contributed by atoms with Gasteiger partial charge in [-0.3, -0.25) is 0 Å². The number of fused-ring (bicyclic) bond motifs is 1. The summed E-state index contributed by atoms with van der Waals surface area (Å²) in [6.45, 7) is 0. The van der Waals surface area contributed by atoms with Crippen molar-refractivity contribution in [3.05, 3.63) is 68.6 Å². The summed E-state index contributed by atoms with van der Waals surface area (Å²) in [7, 11) is 0. The van der Waals surface area contributed by atoms with Gasteiger partial charge >= 0.3 is 5.69 Å². The molecule has 0 aliphatic rings. The molecule has 1 unspecified atom stereocenters. The van der Waals surface area contributed by atoms with Crippen LogP contribution >= 0.6 is 23.2 Å². The van der Waals surface area contributed by atoms with Crippen LogP contribution in [0.25, 0.3) is 11.0 Å². The highest BCUT2D eigenvalue weighted by molar-refractivity contribution is 6.30. The van der Waals surface area contributed by atoms with Gasteiger partial charge < -0.3 is 9.97 Å². The highest BCUT2D eigenvalue weighted by Crippen LogP contribution is 2.33. The topological polar surface area (TPSA) is 48.6 Å². The monoisotopic (exact) mass is 328 g/mol. The van der Waals surface area contributed by atoms with Crippen molar-refractivity contribution >= 4 is 34.2 Å². The number of benzene rings is 2. The van der Waals surface area contributed by atoms with Crippen molar-refractivity contribution in [2.24, 2.45) is 0 Å². The average Bonchev–Trinajstić information content (AvgIpc) is 2.81. The van der Waals surface area contributed by atoms with Crippen molar-refractivity contribution < 1.29 is 8.78 Å². The number of hydrogen-bond donors (Lipinski definition) is 2. The third-order valence-electron chi connectivity index (χ3n) is 3.15. The highest BCUT2D eigenvalue weighted by Gasteiger charge is 2.18. The Labute approximate surface area is 127 Å². The smallest absolute Gasteiger partial charge is 0.306 e. The summed E-state index contributed by atoms with van der Waals surface area (Å²) in [6, 6.07) is 6.74. The first-order valence-electron chi connectivity index (χ1n) is 5.96. The van der Waals surface area contributed by atoms with Crippen LogP contribution in [-0.4, -0.2) is 9.97 Å². The molecule has 3 nitrogen and oxygen atoms in total. The summed E-state index contributed by atoms with van der Waals surface area (Å²) < 4.78 is 27.4. The fourth-order valence-electron chi connectivity index (χ4n) is 2.12. The molecular weight excluding hydrogens is 321 g/mol. The minimum absolute atomic E-state index is 0.0178. The van der Waals surface area contributed by atoms with Crippen LogP contribution in [0.3, 0.4) is 0 Å². The number of halogens is 4. The Morgan fingerprint density at radius 3 is 2.48 bits per heavy atom. The second-order valence-corrected chi connectivity index (χ2v) is 5.38. The minimum Gasteiger partial charge on any atom is -0.306 e. The zero-order chi connectivity index (χ0) is 15.1. The molecule has 0 bridgehead atoms. The van der Waals surface area contributed by atoms with Crippen LogP contribution in [0.5, 0.6) is 0 Å². The van der Waals surface area contributed by atoms with Crippen molar-refractivity contribution in [3.8, 4) is 0 Å². The Morgan fingerprint density at radius 2 is 1.71 bits per heavy atom. The summed E-state index contributed by atoms with van der Waals surface area (Å²) in [5.41, 5.74) is 1.31. The van der Waals surface area contributed by atoms with Gasteiger partial charge in [-0.15, -0.1) is 11.6 Å². The van der Waals surface area contributed by atoms with E-state index < -0.39 is 17.0 Å². The van der Waals surface area contributed by atoms with Crippen molar-refractivity contribution in [2.75, 3.05) is 0 Å². The van der Waals surface area contributed by atoms with Crippen LogP contribution in [0, 0.1) is 11.6 Å². The standard InChI is InChI=1S/C14H8Cl2F2N2O/c15-8-5-9(17)7(4-10(8)18)13(16)6-1-2-11-12(3-6)20-14(21)19-11/h1-5,13H,(H2,19,20,21).